The zero-order chi connectivity index (χ0) is 13.1. The first-order valence-corrected chi connectivity index (χ1v) is 6.42. The molecule has 0 radical (unpaired) electrons. The summed E-state index contributed by atoms with van der Waals surface area (Å²) in [6.45, 7) is 0.464. The van der Waals surface area contributed by atoms with Gasteiger partial charge in [-0.15, -0.1) is 0 Å². The molecule has 1 unspecified atom stereocenters. The summed E-state index contributed by atoms with van der Waals surface area (Å²) in [7, 11) is 0. The minimum Gasteiger partial charge on any atom is -0.351 e. The molecule has 1 aromatic rings. The summed E-state index contributed by atoms with van der Waals surface area (Å²) in [5.41, 5.74) is 11.5. The Morgan fingerprint density at radius 1 is 1.50 bits per heavy atom. The van der Waals surface area contributed by atoms with Crippen LogP contribution < -0.4 is 11.5 Å². The average molecular weight is 267 g/mol. The van der Waals surface area contributed by atoms with Gasteiger partial charge in [0.1, 0.15) is 5.82 Å². The number of carbonyl (C=O) groups excluding carboxylic acids is 1. The normalized spacial score (nSPS) is 18.9. The van der Waals surface area contributed by atoms with E-state index >= 15 is 0 Å². The third kappa shape index (κ3) is 2.65. The third-order valence-electron chi connectivity index (χ3n) is 2.61. The zero-order valence-electron chi connectivity index (χ0n) is 9.67. The number of hydrogen-bond donors (Lipinski definition) is 2. The standard InChI is InChI=1S/C12H14FN3OS/c13-9-3-1-2-8(6-9)10-7-16(12(15)17)11(18-10)4-5-14/h1-3,6-7,11H,4-5,14H2,(H2,15,17). The molecule has 1 aliphatic heterocycles. The molecule has 2 rings (SSSR count). The van der Waals surface area contributed by atoms with Crippen molar-refractivity contribution in [3.63, 3.8) is 0 Å². The molecule has 4 N–H and O–H groups in total. The summed E-state index contributed by atoms with van der Waals surface area (Å²) in [5.74, 6) is -0.304. The van der Waals surface area contributed by atoms with Gasteiger partial charge in [-0.05, 0) is 30.7 Å². The quantitative estimate of drug-likeness (QED) is 0.879. The molecule has 4 nitrogen and oxygen atoms in total. The van der Waals surface area contributed by atoms with Gasteiger partial charge in [0.2, 0.25) is 0 Å². The van der Waals surface area contributed by atoms with Crippen LogP contribution in [-0.2, 0) is 0 Å². The van der Waals surface area contributed by atoms with Crippen LogP contribution in [0.3, 0.4) is 0 Å². The SMILES string of the molecule is NCCC1SC(c2cccc(F)c2)=CN1C(N)=O. The zero-order valence-corrected chi connectivity index (χ0v) is 10.5. The number of nitrogens with two attached hydrogens (primary N) is 2. The van der Waals surface area contributed by atoms with E-state index in [-0.39, 0.29) is 11.2 Å². The molecule has 18 heavy (non-hydrogen) atoms. The highest BCUT2D eigenvalue weighted by atomic mass is 32.2. The fourth-order valence-corrected chi connectivity index (χ4v) is 3.04. The van der Waals surface area contributed by atoms with Gasteiger partial charge in [-0.1, -0.05) is 23.9 Å². The van der Waals surface area contributed by atoms with Crippen molar-refractivity contribution >= 4 is 22.7 Å². The number of thioether (sulfide) groups is 1. The van der Waals surface area contributed by atoms with E-state index in [0.29, 0.717) is 13.0 Å². The van der Waals surface area contributed by atoms with Crippen LogP contribution in [0, 0.1) is 5.82 Å². The first-order valence-electron chi connectivity index (χ1n) is 5.54. The van der Waals surface area contributed by atoms with Crippen molar-refractivity contribution in [2.75, 3.05) is 6.54 Å². The lowest BCUT2D eigenvalue weighted by atomic mass is 10.2. The number of hydrogen-bond acceptors (Lipinski definition) is 3. The molecule has 1 aromatic carbocycles. The van der Waals surface area contributed by atoms with E-state index in [0.717, 1.165) is 10.5 Å². The van der Waals surface area contributed by atoms with Crippen molar-refractivity contribution in [3.05, 3.63) is 41.8 Å². The Kier molecular flexibility index (Phi) is 3.88. The molecule has 0 aliphatic carbocycles. The minimum atomic E-state index is -0.521. The lowest BCUT2D eigenvalue weighted by Crippen LogP contribution is -2.36. The Labute approximate surface area is 109 Å². The van der Waals surface area contributed by atoms with Gasteiger partial charge in [-0.2, -0.15) is 0 Å². The van der Waals surface area contributed by atoms with E-state index in [1.54, 1.807) is 18.3 Å². The van der Waals surface area contributed by atoms with Gasteiger partial charge in [0, 0.05) is 11.1 Å². The Morgan fingerprint density at radius 3 is 2.89 bits per heavy atom. The van der Waals surface area contributed by atoms with E-state index in [9.17, 15) is 9.18 Å². The average Bonchev–Trinajstić information content (AvgIpc) is 2.74. The van der Waals surface area contributed by atoms with Crippen LogP contribution in [-0.4, -0.2) is 22.8 Å². The van der Waals surface area contributed by atoms with Crippen molar-refractivity contribution < 1.29 is 9.18 Å². The molecular weight excluding hydrogens is 253 g/mol. The molecule has 0 spiro atoms. The highest BCUT2D eigenvalue weighted by Crippen LogP contribution is 2.40. The summed E-state index contributed by atoms with van der Waals surface area (Å²) >= 11 is 1.47. The van der Waals surface area contributed by atoms with E-state index in [4.69, 9.17) is 11.5 Å². The summed E-state index contributed by atoms with van der Waals surface area (Å²) in [5, 5.41) is -0.106. The summed E-state index contributed by atoms with van der Waals surface area (Å²) < 4.78 is 13.2. The lowest BCUT2D eigenvalue weighted by Gasteiger charge is -2.19. The molecule has 96 valence electrons. The molecule has 0 saturated carbocycles. The molecule has 0 saturated heterocycles. The Hall–Kier alpha value is -1.53. The van der Waals surface area contributed by atoms with E-state index in [2.05, 4.69) is 0 Å². The van der Waals surface area contributed by atoms with Gasteiger partial charge < -0.3 is 11.5 Å². The molecule has 1 atom stereocenters. The second kappa shape index (κ2) is 5.41. The molecular formula is C12H14FN3OS. The van der Waals surface area contributed by atoms with Gasteiger partial charge in [0.05, 0.1) is 5.37 Å². The van der Waals surface area contributed by atoms with Crippen molar-refractivity contribution in [1.29, 1.82) is 0 Å². The number of halogens is 1. The predicted octanol–water partition coefficient (Wildman–Crippen LogP) is 1.93. The van der Waals surface area contributed by atoms with Gasteiger partial charge in [0.15, 0.2) is 0 Å². The molecule has 0 bridgehead atoms. The summed E-state index contributed by atoms with van der Waals surface area (Å²) in [6, 6.07) is 5.73. The molecule has 2 amide bonds. The van der Waals surface area contributed by atoms with Crippen LogP contribution in [0.5, 0.6) is 0 Å². The number of amides is 2. The van der Waals surface area contributed by atoms with Crippen LogP contribution in [0.25, 0.3) is 4.91 Å². The van der Waals surface area contributed by atoms with Gasteiger partial charge in [-0.25, -0.2) is 9.18 Å². The fraction of sp³-hybridized carbons (Fsp3) is 0.250. The first kappa shape index (κ1) is 12.9. The highest BCUT2D eigenvalue weighted by Gasteiger charge is 2.28. The van der Waals surface area contributed by atoms with Crippen LogP contribution in [0.4, 0.5) is 9.18 Å². The number of primary amides is 1. The maximum atomic E-state index is 13.2. The summed E-state index contributed by atoms with van der Waals surface area (Å²) in [6.07, 6.45) is 2.30. The largest absolute Gasteiger partial charge is 0.351 e. The minimum absolute atomic E-state index is 0.106. The number of urea groups is 1. The van der Waals surface area contributed by atoms with Crippen LogP contribution >= 0.6 is 11.8 Å². The molecule has 0 aromatic heterocycles. The maximum absolute atomic E-state index is 13.2. The second-order valence-electron chi connectivity index (χ2n) is 3.90. The van der Waals surface area contributed by atoms with Crippen LogP contribution in [0.1, 0.15) is 12.0 Å². The van der Waals surface area contributed by atoms with Gasteiger partial charge >= 0.3 is 6.03 Å². The molecule has 6 heteroatoms. The Morgan fingerprint density at radius 2 is 2.28 bits per heavy atom. The molecule has 1 aliphatic rings. The monoisotopic (exact) mass is 267 g/mol. The third-order valence-corrected chi connectivity index (χ3v) is 3.94. The van der Waals surface area contributed by atoms with Gasteiger partial charge in [0.25, 0.3) is 0 Å². The predicted molar refractivity (Wildman–Crippen MR) is 70.8 cm³/mol. The van der Waals surface area contributed by atoms with Crippen LogP contribution in [0.2, 0.25) is 0 Å². The maximum Gasteiger partial charge on any atom is 0.319 e. The number of rotatable bonds is 3. The van der Waals surface area contributed by atoms with Crippen molar-refractivity contribution in [3.8, 4) is 0 Å². The number of carbonyl (C=O) groups is 1. The van der Waals surface area contributed by atoms with Crippen LogP contribution in [0.15, 0.2) is 30.5 Å². The fourth-order valence-electron chi connectivity index (χ4n) is 1.77. The smallest absolute Gasteiger partial charge is 0.319 e. The lowest BCUT2D eigenvalue weighted by molar-refractivity contribution is 0.222. The van der Waals surface area contributed by atoms with Crippen molar-refractivity contribution in [2.45, 2.75) is 11.8 Å². The highest BCUT2D eigenvalue weighted by molar-refractivity contribution is 8.09. The number of benzene rings is 1. The Bertz CT molecular complexity index is 492. The van der Waals surface area contributed by atoms with E-state index in [1.165, 1.54) is 28.8 Å². The first-order chi connectivity index (χ1) is 8.61. The molecule has 0 fully saturated rings. The van der Waals surface area contributed by atoms with Crippen molar-refractivity contribution in [2.24, 2.45) is 11.5 Å². The number of nitrogens with zero attached hydrogens (tertiary/aromatic N) is 1. The van der Waals surface area contributed by atoms with E-state index < -0.39 is 6.03 Å². The topological polar surface area (TPSA) is 72.3 Å². The molecule has 1 heterocycles. The van der Waals surface area contributed by atoms with Crippen molar-refractivity contribution in [1.82, 2.24) is 4.90 Å². The van der Waals surface area contributed by atoms with Gasteiger partial charge in [-0.3, -0.25) is 4.90 Å². The van der Waals surface area contributed by atoms with E-state index in [1.807, 2.05) is 0 Å². The summed E-state index contributed by atoms with van der Waals surface area (Å²) in [4.78, 5) is 13.6. The second-order valence-corrected chi connectivity index (χ2v) is 5.12. The Balaban J connectivity index is 2.25.